The lowest BCUT2D eigenvalue weighted by Gasteiger charge is -2.05. The van der Waals surface area contributed by atoms with Crippen molar-refractivity contribution in [2.75, 3.05) is 7.11 Å². The zero-order valence-corrected chi connectivity index (χ0v) is 10.8. The summed E-state index contributed by atoms with van der Waals surface area (Å²) in [6.45, 7) is 0. The Kier molecular flexibility index (Phi) is 4.05. The molecular weight excluding hydrogens is 250 g/mol. The van der Waals surface area contributed by atoms with Gasteiger partial charge in [-0.2, -0.15) is 0 Å². The van der Waals surface area contributed by atoms with Gasteiger partial charge in [0.2, 0.25) is 0 Å². The second-order valence-corrected chi connectivity index (χ2v) is 4.27. The molecule has 0 bridgehead atoms. The van der Waals surface area contributed by atoms with E-state index >= 15 is 0 Å². The van der Waals surface area contributed by atoms with Crippen LogP contribution in [-0.4, -0.2) is 12.1 Å². The monoisotopic (exact) mass is 263 g/mol. The molecule has 1 aromatic carbocycles. The third kappa shape index (κ3) is 2.93. The second kappa shape index (κ2) is 5.74. The van der Waals surface area contributed by atoms with Crippen molar-refractivity contribution in [3.63, 3.8) is 0 Å². The number of aromatic nitrogens is 1. The maximum absolute atomic E-state index is 11.6. The highest BCUT2D eigenvalue weighted by Crippen LogP contribution is 2.15. The van der Waals surface area contributed by atoms with Crippen LogP contribution in [0.4, 0.5) is 0 Å². The van der Waals surface area contributed by atoms with Gasteiger partial charge in [-0.25, -0.2) is 0 Å². The average molecular weight is 264 g/mol. The maximum Gasteiger partial charge on any atom is 0.252 e. The lowest BCUT2D eigenvalue weighted by atomic mass is 10.1. The molecule has 0 unspecified atom stereocenters. The van der Waals surface area contributed by atoms with Crippen LogP contribution in [0.3, 0.4) is 0 Å². The molecule has 1 N–H and O–H groups in total. The second-order valence-electron chi connectivity index (χ2n) is 4.00. The summed E-state index contributed by atoms with van der Waals surface area (Å²) in [4.78, 5) is 14.5. The van der Waals surface area contributed by atoms with Crippen LogP contribution in [0.15, 0.2) is 41.2 Å². The van der Waals surface area contributed by atoms with Crippen molar-refractivity contribution in [1.82, 2.24) is 4.98 Å². The van der Waals surface area contributed by atoms with Crippen molar-refractivity contribution in [2.45, 2.75) is 12.3 Å². The number of aromatic amines is 1. The lowest BCUT2D eigenvalue weighted by Crippen LogP contribution is -2.13. The normalized spacial score (nSPS) is 10.3. The Balaban J connectivity index is 2.23. The number of nitrogens with one attached hydrogen (secondary N) is 1. The Hall–Kier alpha value is -1.74. The van der Waals surface area contributed by atoms with Gasteiger partial charge in [0.15, 0.2) is 0 Å². The third-order valence-corrected chi connectivity index (χ3v) is 3.01. The molecule has 18 heavy (non-hydrogen) atoms. The standard InChI is InChI=1S/C14H14ClNO2/c1-18-13-4-2-3-10(8-13)7-12-6-5-11(9-15)14(17)16-12/h2-6,8H,7,9H2,1H3,(H,16,17). The first-order chi connectivity index (χ1) is 8.72. The number of hydrogen-bond acceptors (Lipinski definition) is 2. The van der Waals surface area contributed by atoms with E-state index in [1.165, 1.54) is 0 Å². The number of alkyl halides is 1. The maximum atomic E-state index is 11.6. The quantitative estimate of drug-likeness (QED) is 0.862. The van der Waals surface area contributed by atoms with Crippen LogP contribution in [0.2, 0.25) is 0 Å². The molecule has 0 aliphatic heterocycles. The summed E-state index contributed by atoms with van der Waals surface area (Å²) in [7, 11) is 1.64. The van der Waals surface area contributed by atoms with Gasteiger partial charge in [-0.3, -0.25) is 4.79 Å². The van der Waals surface area contributed by atoms with Gasteiger partial charge in [0, 0.05) is 17.7 Å². The molecule has 0 aliphatic carbocycles. The van der Waals surface area contributed by atoms with Crippen molar-refractivity contribution in [3.05, 3.63) is 63.6 Å². The Labute approximate surface area is 110 Å². The van der Waals surface area contributed by atoms with Crippen LogP contribution in [0.25, 0.3) is 0 Å². The van der Waals surface area contributed by atoms with Crippen LogP contribution in [0, 0.1) is 0 Å². The van der Waals surface area contributed by atoms with E-state index in [0.29, 0.717) is 12.0 Å². The summed E-state index contributed by atoms with van der Waals surface area (Å²) in [5, 5.41) is 0. The van der Waals surface area contributed by atoms with Gasteiger partial charge >= 0.3 is 0 Å². The van der Waals surface area contributed by atoms with E-state index in [-0.39, 0.29) is 11.4 Å². The SMILES string of the molecule is COc1cccc(Cc2ccc(CCl)c(=O)[nH]2)c1. The van der Waals surface area contributed by atoms with Crippen molar-refractivity contribution in [2.24, 2.45) is 0 Å². The van der Waals surface area contributed by atoms with Crippen LogP contribution in [0.5, 0.6) is 5.75 Å². The van der Waals surface area contributed by atoms with E-state index < -0.39 is 0 Å². The first kappa shape index (κ1) is 12.7. The van der Waals surface area contributed by atoms with E-state index in [4.69, 9.17) is 16.3 Å². The predicted molar refractivity (Wildman–Crippen MR) is 72.4 cm³/mol. The van der Waals surface area contributed by atoms with Gasteiger partial charge in [-0.1, -0.05) is 18.2 Å². The van der Waals surface area contributed by atoms with E-state index in [0.717, 1.165) is 17.0 Å². The number of hydrogen-bond donors (Lipinski definition) is 1. The van der Waals surface area contributed by atoms with Gasteiger partial charge in [0.05, 0.1) is 13.0 Å². The summed E-state index contributed by atoms with van der Waals surface area (Å²) >= 11 is 5.65. The molecule has 4 heteroatoms. The number of ether oxygens (including phenoxy) is 1. The number of benzene rings is 1. The van der Waals surface area contributed by atoms with Crippen molar-refractivity contribution in [1.29, 1.82) is 0 Å². The molecule has 2 aromatic rings. The van der Waals surface area contributed by atoms with Gasteiger partial charge in [-0.15, -0.1) is 11.6 Å². The Bertz CT molecular complexity index is 592. The molecular formula is C14H14ClNO2. The molecule has 2 rings (SSSR count). The van der Waals surface area contributed by atoms with E-state index in [2.05, 4.69) is 4.98 Å². The predicted octanol–water partition coefficient (Wildman–Crippen LogP) is 2.71. The summed E-state index contributed by atoms with van der Waals surface area (Å²) in [6.07, 6.45) is 0.662. The molecule has 0 atom stereocenters. The van der Waals surface area contributed by atoms with Crippen molar-refractivity contribution < 1.29 is 4.74 Å². The Morgan fingerprint density at radius 1 is 1.28 bits per heavy atom. The highest BCUT2D eigenvalue weighted by Gasteiger charge is 2.02. The van der Waals surface area contributed by atoms with E-state index in [9.17, 15) is 4.79 Å². The molecule has 1 heterocycles. The largest absolute Gasteiger partial charge is 0.497 e. The first-order valence-electron chi connectivity index (χ1n) is 5.63. The number of rotatable bonds is 4. The molecule has 0 fully saturated rings. The summed E-state index contributed by atoms with van der Waals surface area (Å²) < 4.78 is 5.16. The number of pyridine rings is 1. The highest BCUT2D eigenvalue weighted by atomic mass is 35.5. The molecule has 0 radical (unpaired) electrons. The minimum Gasteiger partial charge on any atom is -0.497 e. The molecule has 0 saturated carbocycles. The topological polar surface area (TPSA) is 42.1 Å². The average Bonchev–Trinajstić information content (AvgIpc) is 2.39. The molecule has 94 valence electrons. The van der Waals surface area contributed by atoms with E-state index in [1.807, 2.05) is 30.3 Å². The minimum absolute atomic E-state index is 0.120. The molecule has 0 saturated heterocycles. The fourth-order valence-electron chi connectivity index (χ4n) is 1.76. The molecule has 3 nitrogen and oxygen atoms in total. The van der Waals surface area contributed by atoms with Gasteiger partial charge in [-0.05, 0) is 23.8 Å². The molecule has 0 aliphatic rings. The fourth-order valence-corrected chi connectivity index (χ4v) is 1.97. The van der Waals surface area contributed by atoms with Crippen LogP contribution >= 0.6 is 11.6 Å². The Morgan fingerprint density at radius 3 is 2.78 bits per heavy atom. The zero-order valence-electron chi connectivity index (χ0n) is 10.1. The van der Waals surface area contributed by atoms with Gasteiger partial charge in [0.25, 0.3) is 5.56 Å². The first-order valence-corrected chi connectivity index (χ1v) is 6.16. The number of H-pyrrole nitrogens is 1. The third-order valence-electron chi connectivity index (χ3n) is 2.72. The highest BCUT2D eigenvalue weighted by molar-refractivity contribution is 6.17. The van der Waals surface area contributed by atoms with E-state index in [1.54, 1.807) is 13.2 Å². The summed E-state index contributed by atoms with van der Waals surface area (Å²) in [5.74, 6) is 1.04. The molecule has 0 amide bonds. The van der Waals surface area contributed by atoms with Crippen LogP contribution < -0.4 is 10.3 Å². The van der Waals surface area contributed by atoms with Gasteiger partial charge in [0.1, 0.15) is 5.75 Å². The number of halogens is 1. The van der Waals surface area contributed by atoms with Crippen molar-refractivity contribution in [3.8, 4) is 5.75 Å². The lowest BCUT2D eigenvalue weighted by molar-refractivity contribution is 0.414. The smallest absolute Gasteiger partial charge is 0.252 e. The number of methoxy groups -OCH3 is 1. The van der Waals surface area contributed by atoms with Gasteiger partial charge < -0.3 is 9.72 Å². The van der Waals surface area contributed by atoms with Crippen LogP contribution in [0.1, 0.15) is 16.8 Å². The Morgan fingerprint density at radius 2 is 2.11 bits per heavy atom. The molecule has 0 spiro atoms. The summed E-state index contributed by atoms with van der Waals surface area (Å²) in [5.41, 5.74) is 2.42. The van der Waals surface area contributed by atoms with Crippen LogP contribution in [-0.2, 0) is 12.3 Å². The fraction of sp³-hybridized carbons (Fsp3) is 0.214. The molecule has 1 aromatic heterocycles. The zero-order chi connectivity index (χ0) is 13.0. The summed E-state index contributed by atoms with van der Waals surface area (Å²) in [6, 6.07) is 11.4. The van der Waals surface area contributed by atoms with Crippen molar-refractivity contribution >= 4 is 11.6 Å². The minimum atomic E-state index is -0.120.